The minimum atomic E-state index is 0.397. The van der Waals surface area contributed by atoms with E-state index in [9.17, 15) is 4.79 Å². The Balaban J connectivity index is 2.63. The van der Waals surface area contributed by atoms with E-state index in [1.54, 1.807) is 11.9 Å². The normalized spacial score (nSPS) is 14.8. The number of fused-ring (bicyclic) bond motifs is 1. The van der Waals surface area contributed by atoms with E-state index in [2.05, 4.69) is 11.6 Å². The fourth-order valence-corrected chi connectivity index (χ4v) is 1.44. The predicted molar refractivity (Wildman–Crippen MR) is 56.4 cm³/mol. The first-order valence-corrected chi connectivity index (χ1v) is 4.30. The summed E-state index contributed by atoms with van der Waals surface area (Å²) >= 11 is 0. The molecule has 1 aliphatic rings. The molecule has 3 nitrogen and oxygen atoms in total. The van der Waals surface area contributed by atoms with Crippen molar-refractivity contribution in [3.05, 3.63) is 36.4 Å². The summed E-state index contributed by atoms with van der Waals surface area (Å²) in [6.45, 7) is 3.92. The Morgan fingerprint density at radius 1 is 1.43 bits per heavy atom. The first-order valence-electron chi connectivity index (χ1n) is 4.30. The van der Waals surface area contributed by atoms with Gasteiger partial charge in [-0.15, -0.1) is 0 Å². The number of para-hydroxylation sites is 1. The van der Waals surface area contributed by atoms with E-state index in [4.69, 9.17) is 0 Å². The van der Waals surface area contributed by atoms with Crippen molar-refractivity contribution in [1.82, 2.24) is 4.90 Å². The molecule has 0 atom stereocenters. The molecule has 0 radical (unpaired) electrons. The lowest BCUT2D eigenvalue weighted by molar-refractivity contribution is -0.103. The minimum Gasteiger partial charge on any atom is -0.327 e. The predicted octanol–water partition coefficient (Wildman–Crippen LogP) is 1.83. The standard InChI is InChI=1S/C11H10N2O/c1-8-9-5-3-4-6-10(9)12-11(7-14)13(8)2/h3-7H,1H2,2H3. The van der Waals surface area contributed by atoms with Gasteiger partial charge in [0.05, 0.1) is 5.69 Å². The van der Waals surface area contributed by atoms with Crippen LogP contribution in [-0.2, 0) is 4.79 Å². The lowest BCUT2D eigenvalue weighted by Crippen LogP contribution is -2.28. The highest BCUT2D eigenvalue weighted by Crippen LogP contribution is 2.31. The Kier molecular flexibility index (Phi) is 1.93. The molecule has 1 aromatic carbocycles. The van der Waals surface area contributed by atoms with Crippen molar-refractivity contribution in [1.29, 1.82) is 0 Å². The van der Waals surface area contributed by atoms with Crippen molar-refractivity contribution >= 4 is 23.5 Å². The molecule has 70 valence electrons. The lowest BCUT2D eigenvalue weighted by Gasteiger charge is -2.25. The third-order valence-corrected chi connectivity index (χ3v) is 2.30. The van der Waals surface area contributed by atoms with E-state index in [0.717, 1.165) is 23.2 Å². The van der Waals surface area contributed by atoms with E-state index in [1.165, 1.54) is 0 Å². The molecular formula is C11H10N2O. The second-order valence-electron chi connectivity index (χ2n) is 3.11. The number of carbonyl (C=O) groups excluding carboxylic acids is 1. The van der Waals surface area contributed by atoms with Crippen LogP contribution < -0.4 is 0 Å². The number of amidine groups is 1. The molecule has 2 rings (SSSR count). The largest absolute Gasteiger partial charge is 0.327 e. The molecule has 0 aliphatic carbocycles. The van der Waals surface area contributed by atoms with Crippen LogP contribution in [0.25, 0.3) is 5.70 Å². The van der Waals surface area contributed by atoms with Crippen LogP contribution in [-0.4, -0.2) is 24.1 Å². The minimum absolute atomic E-state index is 0.397. The number of hydrogen-bond donors (Lipinski definition) is 0. The van der Waals surface area contributed by atoms with Crippen molar-refractivity contribution in [3.63, 3.8) is 0 Å². The van der Waals surface area contributed by atoms with Gasteiger partial charge in [0.2, 0.25) is 0 Å². The highest BCUT2D eigenvalue weighted by molar-refractivity contribution is 6.30. The highest BCUT2D eigenvalue weighted by Gasteiger charge is 2.18. The second-order valence-corrected chi connectivity index (χ2v) is 3.11. The molecule has 0 bridgehead atoms. The number of nitrogens with zero attached hydrogens (tertiary/aromatic N) is 2. The number of likely N-dealkylation sites (N-methyl/N-ethyl adjacent to an activating group) is 1. The molecule has 0 N–H and O–H groups in total. The maximum absolute atomic E-state index is 10.7. The molecule has 1 heterocycles. The molecular weight excluding hydrogens is 176 g/mol. The summed E-state index contributed by atoms with van der Waals surface area (Å²) in [6, 6.07) is 7.64. The number of hydrogen-bond acceptors (Lipinski definition) is 3. The Bertz CT molecular complexity index is 435. The van der Waals surface area contributed by atoms with Gasteiger partial charge in [-0.3, -0.25) is 4.79 Å². The Morgan fingerprint density at radius 3 is 2.86 bits per heavy atom. The van der Waals surface area contributed by atoms with Gasteiger partial charge < -0.3 is 4.90 Å². The zero-order valence-corrected chi connectivity index (χ0v) is 7.90. The van der Waals surface area contributed by atoms with Crippen molar-refractivity contribution in [2.75, 3.05) is 7.05 Å². The van der Waals surface area contributed by atoms with Crippen LogP contribution in [0, 0.1) is 0 Å². The zero-order valence-electron chi connectivity index (χ0n) is 7.90. The van der Waals surface area contributed by atoms with E-state index in [0.29, 0.717) is 5.84 Å². The van der Waals surface area contributed by atoms with E-state index >= 15 is 0 Å². The zero-order chi connectivity index (χ0) is 10.1. The summed E-state index contributed by atoms with van der Waals surface area (Å²) in [6.07, 6.45) is 0.737. The molecule has 0 saturated heterocycles. The van der Waals surface area contributed by atoms with Gasteiger partial charge in [-0.25, -0.2) is 4.99 Å². The smallest absolute Gasteiger partial charge is 0.185 e. The van der Waals surface area contributed by atoms with E-state index < -0.39 is 0 Å². The van der Waals surface area contributed by atoms with Gasteiger partial charge in [0.1, 0.15) is 0 Å². The quantitative estimate of drug-likeness (QED) is 0.627. The van der Waals surface area contributed by atoms with Crippen LogP contribution in [0.4, 0.5) is 5.69 Å². The number of aldehydes is 1. The third-order valence-electron chi connectivity index (χ3n) is 2.30. The average molecular weight is 186 g/mol. The van der Waals surface area contributed by atoms with Gasteiger partial charge in [0, 0.05) is 18.3 Å². The first kappa shape index (κ1) is 8.69. The maximum atomic E-state index is 10.7. The van der Waals surface area contributed by atoms with Crippen LogP contribution >= 0.6 is 0 Å². The van der Waals surface area contributed by atoms with Gasteiger partial charge in [0.25, 0.3) is 0 Å². The second kappa shape index (κ2) is 3.10. The molecule has 3 heteroatoms. The van der Waals surface area contributed by atoms with Gasteiger partial charge in [-0.1, -0.05) is 24.8 Å². The van der Waals surface area contributed by atoms with Crippen molar-refractivity contribution in [2.24, 2.45) is 4.99 Å². The molecule has 0 fully saturated rings. The maximum Gasteiger partial charge on any atom is 0.185 e. The molecule has 0 amide bonds. The summed E-state index contributed by atoms with van der Waals surface area (Å²) in [4.78, 5) is 16.6. The van der Waals surface area contributed by atoms with Crippen molar-refractivity contribution in [2.45, 2.75) is 0 Å². The van der Waals surface area contributed by atoms with Crippen LogP contribution in [0.3, 0.4) is 0 Å². The fourth-order valence-electron chi connectivity index (χ4n) is 1.44. The van der Waals surface area contributed by atoms with E-state index in [-0.39, 0.29) is 0 Å². The van der Waals surface area contributed by atoms with Crippen LogP contribution in [0.15, 0.2) is 35.8 Å². The van der Waals surface area contributed by atoms with Gasteiger partial charge in [-0.05, 0) is 6.07 Å². The molecule has 1 aromatic rings. The van der Waals surface area contributed by atoms with Crippen molar-refractivity contribution in [3.8, 4) is 0 Å². The Labute approximate surface area is 82.4 Å². The van der Waals surface area contributed by atoms with Gasteiger partial charge in [-0.2, -0.15) is 0 Å². The average Bonchev–Trinajstić information content (AvgIpc) is 2.23. The molecule has 1 aliphatic heterocycles. The topological polar surface area (TPSA) is 32.7 Å². The Morgan fingerprint density at radius 2 is 2.14 bits per heavy atom. The number of aliphatic imine (C=N–C) groups is 1. The number of rotatable bonds is 1. The highest BCUT2D eigenvalue weighted by atomic mass is 16.1. The molecule has 0 saturated carbocycles. The molecule has 0 aromatic heterocycles. The van der Waals surface area contributed by atoms with Gasteiger partial charge >= 0.3 is 0 Å². The lowest BCUT2D eigenvalue weighted by atomic mass is 10.1. The molecule has 0 spiro atoms. The number of benzene rings is 1. The summed E-state index contributed by atoms with van der Waals surface area (Å²) in [5, 5.41) is 0. The molecule has 0 unspecified atom stereocenters. The summed E-state index contributed by atoms with van der Waals surface area (Å²) in [7, 11) is 1.78. The summed E-state index contributed by atoms with van der Waals surface area (Å²) < 4.78 is 0. The van der Waals surface area contributed by atoms with Crippen molar-refractivity contribution < 1.29 is 4.79 Å². The summed E-state index contributed by atoms with van der Waals surface area (Å²) in [5.41, 5.74) is 2.58. The van der Waals surface area contributed by atoms with Crippen LogP contribution in [0.1, 0.15) is 5.56 Å². The molecule has 14 heavy (non-hydrogen) atoms. The Hall–Kier alpha value is -1.90. The third kappa shape index (κ3) is 1.14. The van der Waals surface area contributed by atoms with Crippen LogP contribution in [0.5, 0.6) is 0 Å². The van der Waals surface area contributed by atoms with Gasteiger partial charge in [0.15, 0.2) is 12.1 Å². The summed E-state index contributed by atoms with van der Waals surface area (Å²) in [5.74, 6) is 0.397. The monoisotopic (exact) mass is 186 g/mol. The van der Waals surface area contributed by atoms with Crippen LogP contribution in [0.2, 0.25) is 0 Å². The number of carbonyl (C=O) groups is 1. The first-order chi connectivity index (χ1) is 6.74. The SMILES string of the molecule is C=C1c2ccccc2N=C(C=O)N1C. The fraction of sp³-hybridized carbons (Fsp3) is 0.0909. The van der Waals surface area contributed by atoms with E-state index in [1.807, 2.05) is 24.3 Å².